The number of nitrogens with zero attached hydrogens (tertiary/aromatic N) is 4. The maximum absolute atomic E-state index is 5.14. The van der Waals surface area contributed by atoms with Gasteiger partial charge in [-0.2, -0.15) is 14.6 Å². The standard InChI is InChI=1S/C16H20N6O/c1-23-11-14-10-15(22-16(21-14)19-12-20-22)18-9-5-8-17-13-6-3-2-4-7-13/h2-4,6-7,10,12,17-18H,5,8-9,11H2,1H3. The Hall–Kier alpha value is -2.67. The molecule has 0 saturated carbocycles. The highest BCUT2D eigenvalue weighted by atomic mass is 16.5. The minimum atomic E-state index is 0.452. The first-order valence-electron chi connectivity index (χ1n) is 7.58. The zero-order chi connectivity index (χ0) is 15.9. The van der Waals surface area contributed by atoms with Gasteiger partial charge in [-0.15, -0.1) is 0 Å². The normalized spacial score (nSPS) is 10.8. The van der Waals surface area contributed by atoms with E-state index in [0.717, 1.165) is 36.7 Å². The number of ether oxygens (including phenoxy) is 1. The van der Waals surface area contributed by atoms with E-state index in [9.17, 15) is 0 Å². The number of nitrogens with one attached hydrogen (secondary N) is 2. The predicted molar refractivity (Wildman–Crippen MR) is 89.5 cm³/mol. The van der Waals surface area contributed by atoms with Crippen molar-refractivity contribution in [3.63, 3.8) is 0 Å². The van der Waals surface area contributed by atoms with E-state index in [1.54, 1.807) is 11.6 Å². The molecule has 0 radical (unpaired) electrons. The van der Waals surface area contributed by atoms with Gasteiger partial charge in [-0.1, -0.05) is 18.2 Å². The third kappa shape index (κ3) is 3.95. The fraction of sp³-hybridized carbons (Fsp3) is 0.312. The Morgan fingerprint density at radius 1 is 1.13 bits per heavy atom. The molecule has 3 aromatic rings. The zero-order valence-corrected chi connectivity index (χ0v) is 13.1. The van der Waals surface area contributed by atoms with Crippen molar-refractivity contribution >= 4 is 17.3 Å². The van der Waals surface area contributed by atoms with Gasteiger partial charge in [-0.25, -0.2) is 4.98 Å². The number of rotatable bonds is 8. The highest BCUT2D eigenvalue weighted by molar-refractivity contribution is 5.45. The fourth-order valence-corrected chi connectivity index (χ4v) is 2.30. The summed E-state index contributed by atoms with van der Waals surface area (Å²) in [5.41, 5.74) is 1.97. The van der Waals surface area contributed by atoms with Crippen LogP contribution in [0.3, 0.4) is 0 Å². The summed E-state index contributed by atoms with van der Waals surface area (Å²) in [5.74, 6) is 1.45. The number of methoxy groups -OCH3 is 1. The van der Waals surface area contributed by atoms with E-state index in [1.807, 2.05) is 24.3 Å². The molecule has 0 aliphatic carbocycles. The Kier molecular flexibility index (Phi) is 5.00. The lowest BCUT2D eigenvalue weighted by atomic mass is 10.3. The lowest BCUT2D eigenvalue weighted by Crippen LogP contribution is -2.12. The molecule has 0 fully saturated rings. The first-order valence-corrected chi connectivity index (χ1v) is 7.58. The highest BCUT2D eigenvalue weighted by Gasteiger charge is 2.07. The molecule has 0 aliphatic heterocycles. The highest BCUT2D eigenvalue weighted by Crippen LogP contribution is 2.11. The van der Waals surface area contributed by atoms with E-state index in [4.69, 9.17) is 4.74 Å². The number of fused-ring (bicyclic) bond motifs is 1. The van der Waals surface area contributed by atoms with Gasteiger partial charge < -0.3 is 15.4 Å². The molecule has 23 heavy (non-hydrogen) atoms. The minimum Gasteiger partial charge on any atom is -0.385 e. The molecule has 0 saturated heterocycles. The lowest BCUT2D eigenvalue weighted by Gasteiger charge is -2.10. The third-order valence-corrected chi connectivity index (χ3v) is 3.36. The quantitative estimate of drug-likeness (QED) is 0.621. The van der Waals surface area contributed by atoms with E-state index < -0.39 is 0 Å². The second-order valence-electron chi connectivity index (χ2n) is 5.11. The van der Waals surface area contributed by atoms with Gasteiger partial charge in [-0.05, 0) is 18.6 Å². The molecule has 0 bridgehead atoms. The third-order valence-electron chi connectivity index (χ3n) is 3.36. The molecule has 0 atom stereocenters. The summed E-state index contributed by atoms with van der Waals surface area (Å²) in [6.45, 7) is 2.17. The van der Waals surface area contributed by atoms with Gasteiger partial charge in [0.15, 0.2) is 0 Å². The van der Waals surface area contributed by atoms with E-state index in [-0.39, 0.29) is 0 Å². The molecule has 1 aromatic carbocycles. The van der Waals surface area contributed by atoms with Crippen molar-refractivity contribution in [2.24, 2.45) is 0 Å². The fourth-order valence-electron chi connectivity index (χ4n) is 2.30. The Morgan fingerprint density at radius 2 is 1.96 bits per heavy atom. The van der Waals surface area contributed by atoms with E-state index in [2.05, 4.69) is 37.8 Å². The van der Waals surface area contributed by atoms with Crippen LogP contribution < -0.4 is 10.6 Å². The summed E-state index contributed by atoms with van der Waals surface area (Å²) >= 11 is 0. The molecule has 2 aromatic heterocycles. The molecule has 2 heterocycles. The molecule has 0 unspecified atom stereocenters. The second kappa shape index (κ2) is 7.55. The summed E-state index contributed by atoms with van der Waals surface area (Å²) in [5, 5.41) is 11.0. The van der Waals surface area contributed by atoms with Crippen LogP contribution in [0.2, 0.25) is 0 Å². The van der Waals surface area contributed by atoms with Crippen LogP contribution in [-0.4, -0.2) is 39.8 Å². The number of hydrogen-bond donors (Lipinski definition) is 2. The second-order valence-corrected chi connectivity index (χ2v) is 5.11. The van der Waals surface area contributed by atoms with Crippen LogP contribution in [0.15, 0.2) is 42.7 Å². The van der Waals surface area contributed by atoms with Crippen molar-refractivity contribution in [3.8, 4) is 0 Å². The average molecular weight is 312 g/mol. The van der Waals surface area contributed by atoms with Gasteiger partial charge in [0, 0.05) is 32.0 Å². The van der Waals surface area contributed by atoms with Gasteiger partial charge in [0.05, 0.1) is 12.3 Å². The Bertz CT molecular complexity index is 743. The monoisotopic (exact) mass is 312 g/mol. The van der Waals surface area contributed by atoms with Crippen molar-refractivity contribution in [1.29, 1.82) is 0 Å². The zero-order valence-electron chi connectivity index (χ0n) is 13.1. The SMILES string of the molecule is COCc1cc(NCCCNc2ccccc2)n2ncnc2n1. The predicted octanol–water partition coefficient (Wildman–Crippen LogP) is 2.18. The number of para-hydroxylation sites is 1. The molecule has 7 heteroatoms. The van der Waals surface area contributed by atoms with Gasteiger partial charge in [0.1, 0.15) is 12.1 Å². The maximum Gasteiger partial charge on any atom is 0.254 e. The van der Waals surface area contributed by atoms with Crippen molar-refractivity contribution in [1.82, 2.24) is 19.6 Å². The van der Waals surface area contributed by atoms with Gasteiger partial charge in [0.2, 0.25) is 0 Å². The number of benzene rings is 1. The van der Waals surface area contributed by atoms with Crippen LogP contribution in [0.4, 0.5) is 11.5 Å². The smallest absolute Gasteiger partial charge is 0.254 e. The first-order chi connectivity index (χ1) is 11.4. The van der Waals surface area contributed by atoms with Crippen molar-refractivity contribution < 1.29 is 4.74 Å². The molecule has 3 rings (SSSR count). The number of hydrogen-bond acceptors (Lipinski definition) is 6. The van der Waals surface area contributed by atoms with E-state index in [0.29, 0.717) is 12.4 Å². The number of aromatic nitrogens is 4. The van der Waals surface area contributed by atoms with Gasteiger partial charge in [-0.3, -0.25) is 0 Å². The summed E-state index contributed by atoms with van der Waals surface area (Å²) in [6, 6.07) is 12.1. The molecule has 2 N–H and O–H groups in total. The number of anilines is 2. The molecule has 120 valence electrons. The Balaban J connectivity index is 1.55. The summed E-state index contributed by atoms with van der Waals surface area (Å²) in [4.78, 5) is 8.52. The molecular formula is C16H20N6O. The Morgan fingerprint density at radius 3 is 2.78 bits per heavy atom. The van der Waals surface area contributed by atoms with Crippen LogP contribution in [-0.2, 0) is 11.3 Å². The van der Waals surface area contributed by atoms with Crippen molar-refractivity contribution in [2.75, 3.05) is 30.8 Å². The summed E-state index contributed by atoms with van der Waals surface area (Å²) < 4.78 is 6.84. The molecule has 0 aliphatic rings. The van der Waals surface area contributed by atoms with Gasteiger partial charge in [0.25, 0.3) is 5.78 Å². The van der Waals surface area contributed by atoms with Crippen LogP contribution in [0.5, 0.6) is 0 Å². The van der Waals surface area contributed by atoms with E-state index >= 15 is 0 Å². The molecule has 0 spiro atoms. The molecule has 0 amide bonds. The molecule has 7 nitrogen and oxygen atoms in total. The maximum atomic E-state index is 5.14. The lowest BCUT2D eigenvalue weighted by molar-refractivity contribution is 0.181. The van der Waals surface area contributed by atoms with Crippen molar-refractivity contribution in [2.45, 2.75) is 13.0 Å². The van der Waals surface area contributed by atoms with Gasteiger partial charge >= 0.3 is 0 Å². The topological polar surface area (TPSA) is 76.4 Å². The van der Waals surface area contributed by atoms with Crippen LogP contribution in [0.1, 0.15) is 12.1 Å². The average Bonchev–Trinajstić information content (AvgIpc) is 3.04. The van der Waals surface area contributed by atoms with Crippen LogP contribution >= 0.6 is 0 Å². The van der Waals surface area contributed by atoms with Crippen LogP contribution in [0, 0.1) is 0 Å². The minimum absolute atomic E-state index is 0.452. The summed E-state index contributed by atoms with van der Waals surface area (Å²) in [7, 11) is 1.65. The Labute approximate surface area is 134 Å². The van der Waals surface area contributed by atoms with E-state index in [1.165, 1.54) is 6.33 Å². The first kappa shape index (κ1) is 15.2. The molecular weight excluding hydrogens is 292 g/mol. The van der Waals surface area contributed by atoms with Crippen molar-refractivity contribution in [3.05, 3.63) is 48.4 Å². The largest absolute Gasteiger partial charge is 0.385 e. The van der Waals surface area contributed by atoms with Crippen LogP contribution in [0.25, 0.3) is 5.78 Å². The summed E-state index contributed by atoms with van der Waals surface area (Å²) in [6.07, 6.45) is 2.48.